The summed E-state index contributed by atoms with van der Waals surface area (Å²) in [5.74, 6) is 2.36. The lowest BCUT2D eigenvalue weighted by Gasteiger charge is -2.35. The van der Waals surface area contributed by atoms with E-state index in [1.807, 2.05) is 6.07 Å². The molecule has 0 unspecified atom stereocenters. The van der Waals surface area contributed by atoms with Gasteiger partial charge in [0.1, 0.15) is 5.75 Å². The Morgan fingerprint density at radius 2 is 1.95 bits per heavy atom. The summed E-state index contributed by atoms with van der Waals surface area (Å²) in [5.41, 5.74) is 1.45. The maximum Gasteiger partial charge on any atom is 0.122 e. The van der Waals surface area contributed by atoms with Crippen LogP contribution in [-0.4, -0.2) is 25.6 Å². The second kappa shape index (κ2) is 6.67. The number of ether oxygens (including phenoxy) is 2. The zero-order valence-corrected chi connectivity index (χ0v) is 12.8. The molecular formula is C16H24O2S. The Morgan fingerprint density at radius 3 is 2.58 bits per heavy atom. The molecule has 0 bridgehead atoms. The van der Waals surface area contributed by atoms with Crippen molar-refractivity contribution in [2.75, 3.05) is 25.6 Å². The van der Waals surface area contributed by atoms with Gasteiger partial charge in [0.2, 0.25) is 0 Å². The maximum absolute atomic E-state index is 6.13. The third-order valence-corrected chi connectivity index (χ3v) is 4.63. The van der Waals surface area contributed by atoms with Crippen molar-refractivity contribution in [1.82, 2.24) is 0 Å². The highest BCUT2D eigenvalue weighted by molar-refractivity contribution is 7.80. The van der Waals surface area contributed by atoms with E-state index >= 15 is 0 Å². The molecule has 0 amide bonds. The Balaban J connectivity index is 2.05. The first kappa shape index (κ1) is 14.7. The molecule has 19 heavy (non-hydrogen) atoms. The Morgan fingerprint density at radius 1 is 1.26 bits per heavy atom. The first-order valence-electron chi connectivity index (χ1n) is 7.07. The molecule has 106 valence electrons. The van der Waals surface area contributed by atoms with Crippen molar-refractivity contribution < 1.29 is 9.47 Å². The molecule has 1 saturated heterocycles. The molecule has 2 nitrogen and oxygen atoms in total. The average Bonchev–Trinajstić information content (AvgIpc) is 2.46. The Hall–Kier alpha value is -0.670. The fourth-order valence-corrected chi connectivity index (χ4v) is 2.88. The minimum absolute atomic E-state index is 0.172. The van der Waals surface area contributed by atoms with Crippen LogP contribution in [-0.2, 0) is 4.74 Å². The molecule has 1 heterocycles. The van der Waals surface area contributed by atoms with Gasteiger partial charge in [-0.3, -0.25) is 0 Å². The minimum Gasteiger partial charge on any atom is -0.493 e. The molecule has 0 N–H and O–H groups in total. The summed E-state index contributed by atoms with van der Waals surface area (Å²) in [5, 5.41) is 0. The first-order valence-corrected chi connectivity index (χ1v) is 7.70. The van der Waals surface area contributed by atoms with Gasteiger partial charge in [-0.1, -0.05) is 32.0 Å². The smallest absolute Gasteiger partial charge is 0.122 e. The monoisotopic (exact) mass is 280 g/mol. The molecule has 0 radical (unpaired) electrons. The van der Waals surface area contributed by atoms with Crippen molar-refractivity contribution in [2.45, 2.75) is 32.6 Å². The average molecular weight is 280 g/mol. The number of para-hydroxylation sites is 1. The molecule has 1 aromatic carbocycles. The largest absolute Gasteiger partial charge is 0.493 e. The molecule has 1 aliphatic rings. The van der Waals surface area contributed by atoms with Crippen LogP contribution in [0.15, 0.2) is 24.3 Å². The summed E-state index contributed by atoms with van der Waals surface area (Å²) in [6.07, 6.45) is 2.08. The second-order valence-electron chi connectivity index (χ2n) is 5.75. The molecule has 0 spiro atoms. The van der Waals surface area contributed by atoms with Crippen molar-refractivity contribution >= 4 is 12.6 Å². The topological polar surface area (TPSA) is 18.5 Å². The van der Waals surface area contributed by atoms with Gasteiger partial charge >= 0.3 is 0 Å². The molecule has 2 rings (SSSR count). The standard InChI is InChI=1S/C16H24O2S/c1-13(2)14-5-3-4-6-15(14)18-11-16(12-19)7-9-17-10-8-16/h3-6,13,19H,7-12H2,1-2H3. The van der Waals surface area contributed by atoms with Gasteiger partial charge in [-0.2, -0.15) is 12.6 Å². The van der Waals surface area contributed by atoms with Gasteiger partial charge in [0.05, 0.1) is 6.61 Å². The Kier molecular flexibility index (Phi) is 5.17. The van der Waals surface area contributed by atoms with E-state index in [2.05, 4.69) is 44.7 Å². The third kappa shape index (κ3) is 3.67. The summed E-state index contributed by atoms with van der Waals surface area (Å²) < 4.78 is 11.6. The van der Waals surface area contributed by atoms with Crippen LogP contribution < -0.4 is 4.74 Å². The summed E-state index contributed by atoms with van der Waals surface area (Å²) in [6, 6.07) is 8.34. The Labute approximate surface area is 121 Å². The summed E-state index contributed by atoms with van der Waals surface area (Å²) in [7, 11) is 0. The third-order valence-electron chi connectivity index (χ3n) is 3.96. The Bertz CT molecular complexity index is 397. The maximum atomic E-state index is 6.13. The molecular weight excluding hydrogens is 256 g/mol. The van der Waals surface area contributed by atoms with Gasteiger partial charge in [0.25, 0.3) is 0 Å². The minimum atomic E-state index is 0.172. The lowest BCUT2D eigenvalue weighted by molar-refractivity contribution is 0.00291. The van der Waals surface area contributed by atoms with Crippen molar-refractivity contribution in [3.63, 3.8) is 0 Å². The van der Waals surface area contributed by atoms with Gasteiger partial charge in [-0.05, 0) is 36.1 Å². The SMILES string of the molecule is CC(C)c1ccccc1OCC1(CS)CCOCC1. The predicted molar refractivity (Wildman–Crippen MR) is 82.4 cm³/mol. The number of benzene rings is 1. The molecule has 1 aromatic rings. The van der Waals surface area contributed by atoms with Crippen LogP contribution in [0, 0.1) is 5.41 Å². The van der Waals surface area contributed by atoms with Crippen LogP contribution >= 0.6 is 12.6 Å². The lowest BCUT2D eigenvalue weighted by atomic mass is 9.83. The summed E-state index contributed by atoms with van der Waals surface area (Å²) in [6.45, 7) is 6.80. The number of hydrogen-bond acceptors (Lipinski definition) is 3. The molecule has 0 saturated carbocycles. The van der Waals surface area contributed by atoms with E-state index in [1.165, 1.54) is 5.56 Å². The van der Waals surface area contributed by atoms with Crippen LogP contribution in [0.1, 0.15) is 38.2 Å². The predicted octanol–water partition coefficient (Wildman–Crippen LogP) is 3.92. The number of thiol groups is 1. The van der Waals surface area contributed by atoms with Crippen molar-refractivity contribution in [3.8, 4) is 5.75 Å². The summed E-state index contributed by atoms with van der Waals surface area (Å²) in [4.78, 5) is 0. The fraction of sp³-hybridized carbons (Fsp3) is 0.625. The van der Waals surface area contributed by atoms with Crippen molar-refractivity contribution in [3.05, 3.63) is 29.8 Å². The van der Waals surface area contributed by atoms with E-state index in [9.17, 15) is 0 Å². The first-order chi connectivity index (χ1) is 9.17. The normalized spacial score (nSPS) is 18.5. The molecule has 3 heteroatoms. The van der Waals surface area contributed by atoms with Crippen LogP contribution in [0.3, 0.4) is 0 Å². The van der Waals surface area contributed by atoms with Gasteiger partial charge in [-0.15, -0.1) is 0 Å². The molecule has 0 aliphatic carbocycles. The lowest BCUT2D eigenvalue weighted by Crippen LogP contribution is -2.37. The van der Waals surface area contributed by atoms with Crippen LogP contribution in [0.4, 0.5) is 0 Å². The zero-order valence-electron chi connectivity index (χ0n) is 11.9. The second-order valence-corrected chi connectivity index (χ2v) is 6.07. The van der Waals surface area contributed by atoms with Crippen molar-refractivity contribution in [2.24, 2.45) is 5.41 Å². The van der Waals surface area contributed by atoms with E-state index in [0.29, 0.717) is 5.92 Å². The van der Waals surface area contributed by atoms with Crippen LogP contribution in [0.5, 0.6) is 5.75 Å². The van der Waals surface area contributed by atoms with Gasteiger partial charge in [-0.25, -0.2) is 0 Å². The van der Waals surface area contributed by atoms with Crippen LogP contribution in [0.25, 0.3) is 0 Å². The van der Waals surface area contributed by atoms with Crippen LogP contribution in [0.2, 0.25) is 0 Å². The fourth-order valence-electron chi connectivity index (χ4n) is 2.47. The van der Waals surface area contributed by atoms with E-state index in [0.717, 1.165) is 44.2 Å². The van der Waals surface area contributed by atoms with E-state index in [1.54, 1.807) is 0 Å². The highest BCUT2D eigenvalue weighted by Crippen LogP contribution is 2.34. The zero-order chi connectivity index (χ0) is 13.7. The van der Waals surface area contributed by atoms with E-state index in [-0.39, 0.29) is 5.41 Å². The highest BCUT2D eigenvalue weighted by atomic mass is 32.1. The quantitative estimate of drug-likeness (QED) is 0.824. The van der Waals surface area contributed by atoms with Gasteiger partial charge in [0, 0.05) is 18.6 Å². The van der Waals surface area contributed by atoms with Crippen molar-refractivity contribution in [1.29, 1.82) is 0 Å². The van der Waals surface area contributed by atoms with E-state index < -0.39 is 0 Å². The van der Waals surface area contributed by atoms with Gasteiger partial charge < -0.3 is 9.47 Å². The summed E-state index contributed by atoms with van der Waals surface area (Å²) >= 11 is 4.53. The molecule has 0 atom stereocenters. The molecule has 1 aliphatic heterocycles. The molecule has 1 fully saturated rings. The van der Waals surface area contributed by atoms with E-state index in [4.69, 9.17) is 9.47 Å². The number of hydrogen-bond donors (Lipinski definition) is 1. The number of rotatable bonds is 5. The van der Waals surface area contributed by atoms with Gasteiger partial charge in [0.15, 0.2) is 0 Å². The highest BCUT2D eigenvalue weighted by Gasteiger charge is 2.32. The molecule has 0 aromatic heterocycles.